The van der Waals surface area contributed by atoms with Gasteiger partial charge in [-0.15, -0.1) is 0 Å². The molecule has 0 aliphatic carbocycles. The summed E-state index contributed by atoms with van der Waals surface area (Å²) in [6.07, 6.45) is 3.81. The highest BCUT2D eigenvalue weighted by atomic mass is 31.2. The van der Waals surface area contributed by atoms with Crippen LogP contribution in [-0.2, 0) is 4.57 Å². The molecule has 0 saturated carbocycles. The molecule has 2 aromatic heterocycles. The van der Waals surface area contributed by atoms with Gasteiger partial charge >= 0.3 is 6.70 Å². The SMILES string of the molecule is O=P12B3N(c4ccccc4-c4nccn43)c3cccc(c31)-c1cc(-n3c4ccccc4c4ccccc43)ccc12. The molecule has 0 saturated heterocycles. The van der Waals surface area contributed by atoms with Crippen LogP contribution in [0.1, 0.15) is 0 Å². The first-order valence-corrected chi connectivity index (χ1v) is 15.3. The van der Waals surface area contributed by atoms with Crippen LogP contribution in [0.15, 0.2) is 122 Å². The molecule has 1 atom stereocenters. The Morgan fingerprint density at radius 3 is 2.20 bits per heavy atom. The molecular formula is C33H20BN4OP. The van der Waals surface area contributed by atoms with Crippen molar-refractivity contribution in [3.63, 3.8) is 0 Å². The first-order chi connectivity index (χ1) is 19.7. The molecule has 40 heavy (non-hydrogen) atoms. The van der Waals surface area contributed by atoms with E-state index in [1.807, 2.05) is 18.5 Å². The average molecular weight is 530 g/mol. The number of imidazole rings is 1. The van der Waals surface area contributed by atoms with E-state index in [4.69, 9.17) is 4.98 Å². The summed E-state index contributed by atoms with van der Waals surface area (Å²) in [6, 6.07) is 38.4. The largest absolute Gasteiger partial charge is 0.465 e. The molecule has 5 aromatic carbocycles. The molecule has 0 fully saturated rings. The summed E-state index contributed by atoms with van der Waals surface area (Å²) < 4.78 is 20.1. The second kappa shape index (κ2) is 7.04. The van der Waals surface area contributed by atoms with Crippen LogP contribution in [-0.4, -0.2) is 20.7 Å². The van der Waals surface area contributed by atoms with Crippen molar-refractivity contribution in [2.45, 2.75) is 0 Å². The summed E-state index contributed by atoms with van der Waals surface area (Å²) in [5, 5.41) is 4.38. The topological polar surface area (TPSA) is 43.1 Å². The minimum atomic E-state index is -3.08. The zero-order valence-corrected chi connectivity index (χ0v) is 22.2. The summed E-state index contributed by atoms with van der Waals surface area (Å²) in [5.41, 5.74) is 8.73. The van der Waals surface area contributed by atoms with Crippen molar-refractivity contribution < 1.29 is 4.57 Å². The highest BCUT2D eigenvalue weighted by Crippen LogP contribution is 2.66. The summed E-state index contributed by atoms with van der Waals surface area (Å²) in [5.74, 6) is 0.872. The fourth-order valence-electron chi connectivity index (χ4n) is 7.44. The van der Waals surface area contributed by atoms with E-state index in [0.29, 0.717) is 0 Å². The van der Waals surface area contributed by atoms with E-state index in [1.165, 1.54) is 21.8 Å². The summed E-state index contributed by atoms with van der Waals surface area (Å²) in [7, 11) is -3.08. The monoisotopic (exact) mass is 530 g/mol. The molecular weight excluding hydrogens is 510 g/mol. The molecule has 186 valence electrons. The Labute approximate surface area is 230 Å². The molecule has 10 rings (SSSR count). The van der Waals surface area contributed by atoms with Crippen molar-refractivity contribution in [3.8, 4) is 28.2 Å². The maximum atomic E-state index is 15.6. The van der Waals surface area contributed by atoms with Gasteiger partial charge < -0.3 is 18.4 Å². The number of rotatable bonds is 1. The number of aromatic nitrogens is 3. The number of para-hydroxylation sites is 3. The van der Waals surface area contributed by atoms with E-state index in [2.05, 4.69) is 117 Å². The Hall–Kier alpha value is -4.80. The molecule has 3 aliphatic rings. The molecule has 7 heteroatoms. The van der Waals surface area contributed by atoms with Crippen LogP contribution in [0.2, 0.25) is 0 Å². The standard InChI is InChI=1S/C33H20BN4OP/c39-40-31-17-16-21(37-27-12-4-1-8-22(27)23-9-2-5-13-28(23)37)20-26(31)24-11-7-15-30(32(24)40)38-29-14-6-3-10-25(29)33-35-18-19-36(33)34(38)40/h1-20H. The third-order valence-corrected chi connectivity index (χ3v) is 12.3. The Bertz CT molecular complexity index is 2250. The summed E-state index contributed by atoms with van der Waals surface area (Å²) >= 11 is 0. The van der Waals surface area contributed by atoms with Crippen molar-refractivity contribution in [1.82, 2.24) is 14.0 Å². The highest BCUT2D eigenvalue weighted by Gasteiger charge is 2.61. The number of hydrogen-bond donors (Lipinski definition) is 0. The quantitative estimate of drug-likeness (QED) is 0.171. The highest BCUT2D eigenvalue weighted by molar-refractivity contribution is 8.07. The van der Waals surface area contributed by atoms with Gasteiger partial charge in [0.25, 0.3) is 0 Å². The first kappa shape index (κ1) is 21.1. The Morgan fingerprint density at radius 2 is 1.38 bits per heavy atom. The molecule has 5 nitrogen and oxygen atoms in total. The van der Waals surface area contributed by atoms with E-state index in [9.17, 15) is 0 Å². The summed E-state index contributed by atoms with van der Waals surface area (Å²) in [6.45, 7) is -0.364. The van der Waals surface area contributed by atoms with E-state index in [0.717, 1.165) is 50.2 Å². The molecule has 0 N–H and O–H groups in total. The molecule has 0 radical (unpaired) electrons. The van der Waals surface area contributed by atoms with Crippen LogP contribution in [0.5, 0.6) is 0 Å². The lowest BCUT2D eigenvalue weighted by atomic mass is 9.93. The molecule has 3 aliphatic heterocycles. The van der Waals surface area contributed by atoms with Crippen LogP contribution in [0.4, 0.5) is 11.4 Å². The zero-order valence-electron chi connectivity index (χ0n) is 21.3. The second-order valence-corrected chi connectivity index (χ2v) is 13.5. The van der Waals surface area contributed by atoms with Gasteiger partial charge in [0.05, 0.1) is 11.0 Å². The van der Waals surface area contributed by atoms with Crippen LogP contribution < -0.4 is 15.4 Å². The number of nitrogens with zero attached hydrogens (tertiary/aromatic N) is 4. The number of anilines is 2. The van der Waals surface area contributed by atoms with Crippen molar-refractivity contribution in [3.05, 3.63) is 122 Å². The predicted octanol–water partition coefficient (Wildman–Crippen LogP) is 6.94. The smallest absolute Gasteiger partial charge is 0.358 e. The summed E-state index contributed by atoms with van der Waals surface area (Å²) in [4.78, 5) is 7.00. The third-order valence-electron chi connectivity index (χ3n) is 8.95. The first-order valence-electron chi connectivity index (χ1n) is 13.5. The third kappa shape index (κ3) is 2.27. The van der Waals surface area contributed by atoms with Crippen LogP contribution in [0.25, 0.3) is 50.0 Å². The lowest BCUT2D eigenvalue weighted by Gasteiger charge is -2.34. The van der Waals surface area contributed by atoms with E-state index in [1.54, 1.807) is 0 Å². The van der Waals surface area contributed by atoms with Crippen LogP contribution in [0, 0.1) is 0 Å². The number of benzene rings is 5. The Kier molecular flexibility index (Phi) is 3.71. The van der Waals surface area contributed by atoms with Gasteiger partial charge in [0.1, 0.15) is 5.82 Å². The van der Waals surface area contributed by atoms with Gasteiger partial charge in [0.15, 0.2) is 7.02 Å². The van der Waals surface area contributed by atoms with Gasteiger partial charge in [0, 0.05) is 56.4 Å². The van der Waals surface area contributed by atoms with E-state index < -0.39 is 7.02 Å². The molecule has 0 amide bonds. The maximum absolute atomic E-state index is 15.6. The van der Waals surface area contributed by atoms with Gasteiger partial charge in [-0.25, -0.2) is 4.98 Å². The van der Waals surface area contributed by atoms with Crippen LogP contribution >= 0.6 is 7.02 Å². The van der Waals surface area contributed by atoms with Gasteiger partial charge in [0.2, 0.25) is 0 Å². The molecule has 0 spiro atoms. The Morgan fingerprint density at radius 1 is 0.675 bits per heavy atom. The normalized spacial score (nSPS) is 17.6. The minimum absolute atomic E-state index is 0.364. The van der Waals surface area contributed by atoms with Crippen LogP contribution in [0.3, 0.4) is 0 Å². The second-order valence-electron chi connectivity index (χ2n) is 10.8. The lowest BCUT2D eigenvalue weighted by Crippen LogP contribution is -2.43. The number of hydrogen-bond acceptors (Lipinski definition) is 3. The molecule has 5 heterocycles. The molecule has 7 aromatic rings. The van der Waals surface area contributed by atoms with Crippen molar-refractivity contribution in [2.75, 3.05) is 4.81 Å². The van der Waals surface area contributed by atoms with Gasteiger partial charge in [-0.2, -0.15) is 0 Å². The van der Waals surface area contributed by atoms with Gasteiger partial charge in [-0.05, 0) is 59.7 Å². The lowest BCUT2D eigenvalue weighted by molar-refractivity contribution is 0.594. The van der Waals surface area contributed by atoms with E-state index in [-0.39, 0.29) is 6.70 Å². The van der Waals surface area contributed by atoms with Crippen molar-refractivity contribution in [2.24, 2.45) is 0 Å². The van der Waals surface area contributed by atoms with Crippen molar-refractivity contribution >= 4 is 57.5 Å². The number of fused-ring (bicyclic) bond motifs is 14. The minimum Gasteiger partial charge on any atom is -0.358 e. The van der Waals surface area contributed by atoms with Crippen molar-refractivity contribution in [1.29, 1.82) is 0 Å². The average Bonchev–Trinajstić information content (AvgIpc) is 3.74. The fourth-order valence-corrected chi connectivity index (χ4v) is 11.2. The Balaban J connectivity index is 1.27. The van der Waals surface area contributed by atoms with Gasteiger partial charge in [-0.1, -0.05) is 60.7 Å². The fraction of sp³-hybridized carbons (Fsp3) is 0. The van der Waals surface area contributed by atoms with E-state index >= 15 is 4.57 Å². The molecule has 0 bridgehead atoms. The molecule has 1 unspecified atom stereocenters. The predicted molar refractivity (Wildman–Crippen MR) is 164 cm³/mol. The van der Waals surface area contributed by atoms with Gasteiger partial charge in [-0.3, -0.25) is 0 Å². The zero-order chi connectivity index (χ0) is 26.2. The maximum Gasteiger partial charge on any atom is 0.465 e.